The molecule has 0 saturated heterocycles. The number of hydrogen-bond acceptors (Lipinski definition) is 1. The van der Waals surface area contributed by atoms with Gasteiger partial charge in [0.05, 0.1) is 11.7 Å². The van der Waals surface area contributed by atoms with Crippen molar-refractivity contribution in [3.05, 3.63) is 40.8 Å². The highest BCUT2D eigenvalue weighted by Gasteiger charge is 2.03. The molecule has 2 aromatic rings. The van der Waals surface area contributed by atoms with Crippen molar-refractivity contribution in [2.24, 2.45) is 0 Å². The molecule has 1 nitrogen and oxygen atoms in total. The number of aromatic nitrogens is 1. The van der Waals surface area contributed by atoms with Gasteiger partial charge in [-0.15, -0.1) is 0 Å². The van der Waals surface area contributed by atoms with Gasteiger partial charge in [0, 0.05) is 10.4 Å². The SMILES string of the molecule is Cc1c(F)cnc2cc(Cl)ccc12. The second-order valence-corrected chi connectivity index (χ2v) is 3.33. The molecule has 0 aliphatic heterocycles. The molecule has 0 amide bonds. The Bertz CT molecular complexity index is 468. The number of hydrogen-bond donors (Lipinski definition) is 0. The zero-order valence-electron chi connectivity index (χ0n) is 7.01. The third-order valence-corrected chi connectivity index (χ3v) is 2.27. The molecule has 0 fully saturated rings. The van der Waals surface area contributed by atoms with Crippen molar-refractivity contribution in [2.45, 2.75) is 6.92 Å². The number of rotatable bonds is 0. The van der Waals surface area contributed by atoms with Crippen molar-refractivity contribution >= 4 is 22.5 Å². The van der Waals surface area contributed by atoms with E-state index in [2.05, 4.69) is 4.98 Å². The lowest BCUT2D eigenvalue weighted by atomic mass is 10.1. The van der Waals surface area contributed by atoms with Crippen LogP contribution < -0.4 is 0 Å². The molecule has 0 radical (unpaired) electrons. The van der Waals surface area contributed by atoms with Gasteiger partial charge in [0.15, 0.2) is 0 Å². The smallest absolute Gasteiger partial charge is 0.145 e. The molecule has 0 aliphatic rings. The Hall–Kier alpha value is -1.15. The van der Waals surface area contributed by atoms with E-state index >= 15 is 0 Å². The Kier molecular flexibility index (Phi) is 1.93. The lowest BCUT2D eigenvalue weighted by Crippen LogP contribution is -1.87. The van der Waals surface area contributed by atoms with E-state index in [1.54, 1.807) is 25.1 Å². The third-order valence-electron chi connectivity index (χ3n) is 2.04. The van der Waals surface area contributed by atoms with Gasteiger partial charge in [0.2, 0.25) is 0 Å². The number of benzene rings is 1. The number of aryl methyl sites for hydroxylation is 1. The first-order chi connectivity index (χ1) is 6.18. The summed E-state index contributed by atoms with van der Waals surface area (Å²) in [6.07, 6.45) is 1.22. The van der Waals surface area contributed by atoms with Crippen LogP contribution >= 0.6 is 11.6 Å². The average Bonchev–Trinajstić information content (AvgIpc) is 2.12. The number of halogens is 2. The van der Waals surface area contributed by atoms with Crippen molar-refractivity contribution in [1.82, 2.24) is 4.98 Å². The van der Waals surface area contributed by atoms with E-state index in [4.69, 9.17) is 11.6 Å². The zero-order valence-corrected chi connectivity index (χ0v) is 7.77. The van der Waals surface area contributed by atoms with E-state index in [9.17, 15) is 4.39 Å². The van der Waals surface area contributed by atoms with E-state index in [0.717, 1.165) is 10.9 Å². The fourth-order valence-electron chi connectivity index (χ4n) is 1.28. The van der Waals surface area contributed by atoms with Crippen LogP contribution in [-0.2, 0) is 0 Å². The molecular weight excluding hydrogens is 189 g/mol. The fourth-order valence-corrected chi connectivity index (χ4v) is 1.45. The molecule has 0 N–H and O–H groups in total. The first-order valence-electron chi connectivity index (χ1n) is 3.89. The molecule has 66 valence electrons. The Labute approximate surface area is 80.2 Å². The second-order valence-electron chi connectivity index (χ2n) is 2.89. The van der Waals surface area contributed by atoms with Crippen LogP contribution in [0.4, 0.5) is 4.39 Å². The van der Waals surface area contributed by atoms with Crippen molar-refractivity contribution in [3.63, 3.8) is 0 Å². The van der Waals surface area contributed by atoms with Crippen LogP contribution in [0.15, 0.2) is 24.4 Å². The Morgan fingerprint density at radius 1 is 1.38 bits per heavy atom. The Balaban J connectivity index is 2.87. The highest BCUT2D eigenvalue weighted by Crippen LogP contribution is 2.21. The largest absolute Gasteiger partial charge is 0.253 e. The van der Waals surface area contributed by atoms with Crippen LogP contribution in [0.25, 0.3) is 10.9 Å². The first kappa shape index (κ1) is 8.45. The van der Waals surface area contributed by atoms with E-state index < -0.39 is 0 Å². The summed E-state index contributed by atoms with van der Waals surface area (Å²) >= 11 is 5.78. The van der Waals surface area contributed by atoms with Crippen molar-refractivity contribution in [1.29, 1.82) is 0 Å². The summed E-state index contributed by atoms with van der Waals surface area (Å²) in [6, 6.07) is 5.24. The van der Waals surface area contributed by atoms with Gasteiger partial charge in [-0.05, 0) is 24.6 Å². The molecular formula is C10H7ClFN. The lowest BCUT2D eigenvalue weighted by molar-refractivity contribution is 0.615. The van der Waals surface area contributed by atoms with Crippen LogP contribution in [0, 0.1) is 12.7 Å². The second kappa shape index (κ2) is 2.96. The minimum Gasteiger partial charge on any atom is -0.253 e. The summed E-state index contributed by atoms with van der Waals surface area (Å²) in [5.41, 5.74) is 1.34. The van der Waals surface area contributed by atoms with Crippen LogP contribution in [0.3, 0.4) is 0 Å². The summed E-state index contributed by atoms with van der Waals surface area (Å²) in [6.45, 7) is 1.73. The molecule has 0 spiro atoms. The Morgan fingerprint density at radius 3 is 2.92 bits per heavy atom. The predicted octanol–water partition coefficient (Wildman–Crippen LogP) is 3.34. The minimum absolute atomic E-state index is 0.283. The maximum atomic E-state index is 13.1. The van der Waals surface area contributed by atoms with E-state index in [1.165, 1.54) is 6.20 Å². The van der Waals surface area contributed by atoms with Crippen molar-refractivity contribution in [2.75, 3.05) is 0 Å². The summed E-state index contributed by atoms with van der Waals surface area (Å²) in [4.78, 5) is 3.94. The fraction of sp³-hybridized carbons (Fsp3) is 0.100. The first-order valence-corrected chi connectivity index (χ1v) is 4.26. The third kappa shape index (κ3) is 1.38. The minimum atomic E-state index is -0.283. The molecule has 0 aliphatic carbocycles. The standard InChI is InChI=1S/C10H7ClFN/c1-6-8-3-2-7(11)4-10(8)13-5-9(6)12/h2-5H,1H3. The molecule has 0 saturated carbocycles. The summed E-state index contributed by atoms with van der Waals surface area (Å²) in [7, 11) is 0. The molecule has 0 atom stereocenters. The summed E-state index contributed by atoms with van der Waals surface area (Å²) in [5, 5.41) is 1.43. The number of nitrogens with zero attached hydrogens (tertiary/aromatic N) is 1. The lowest BCUT2D eigenvalue weighted by Gasteiger charge is -2.02. The molecule has 0 unspecified atom stereocenters. The summed E-state index contributed by atoms with van der Waals surface area (Å²) < 4.78 is 13.1. The monoisotopic (exact) mass is 195 g/mol. The van der Waals surface area contributed by atoms with Crippen LogP contribution in [-0.4, -0.2) is 4.98 Å². The number of pyridine rings is 1. The number of fused-ring (bicyclic) bond motifs is 1. The quantitative estimate of drug-likeness (QED) is 0.628. The summed E-state index contributed by atoms with van der Waals surface area (Å²) in [5.74, 6) is -0.283. The molecule has 13 heavy (non-hydrogen) atoms. The highest BCUT2D eigenvalue weighted by atomic mass is 35.5. The van der Waals surface area contributed by atoms with Crippen LogP contribution in [0.5, 0.6) is 0 Å². The topological polar surface area (TPSA) is 12.9 Å². The molecule has 3 heteroatoms. The maximum Gasteiger partial charge on any atom is 0.145 e. The molecule has 1 aromatic carbocycles. The zero-order chi connectivity index (χ0) is 9.42. The molecule has 2 rings (SSSR count). The van der Waals surface area contributed by atoms with Gasteiger partial charge in [-0.1, -0.05) is 17.7 Å². The van der Waals surface area contributed by atoms with Crippen molar-refractivity contribution in [3.8, 4) is 0 Å². The van der Waals surface area contributed by atoms with Gasteiger partial charge in [-0.25, -0.2) is 4.39 Å². The maximum absolute atomic E-state index is 13.1. The van der Waals surface area contributed by atoms with Gasteiger partial charge >= 0.3 is 0 Å². The van der Waals surface area contributed by atoms with Gasteiger partial charge in [0.1, 0.15) is 5.82 Å². The van der Waals surface area contributed by atoms with E-state index in [-0.39, 0.29) is 5.82 Å². The normalized spacial score (nSPS) is 10.7. The highest BCUT2D eigenvalue weighted by molar-refractivity contribution is 6.31. The van der Waals surface area contributed by atoms with Gasteiger partial charge in [0.25, 0.3) is 0 Å². The van der Waals surface area contributed by atoms with E-state index in [0.29, 0.717) is 10.6 Å². The average molecular weight is 196 g/mol. The van der Waals surface area contributed by atoms with Crippen molar-refractivity contribution < 1.29 is 4.39 Å². The van der Waals surface area contributed by atoms with Gasteiger partial charge < -0.3 is 0 Å². The molecule has 0 bridgehead atoms. The molecule has 1 heterocycles. The van der Waals surface area contributed by atoms with E-state index in [1.807, 2.05) is 0 Å². The Morgan fingerprint density at radius 2 is 2.15 bits per heavy atom. The van der Waals surface area contributed by atoms with Gasteiger partial charge in [-0.2, -0.15) is 0 Å². The van der Waals surface area contributed by atoms with Crippen LogP contribution in [0.1, 0.15) is 5.56 Å². The van der Waals surface area contributed by atoms with Crippen LogP contribution in [0.2, 0.25) is 5.02 Å². The molecule has 1 aromatic heterocycles. The predicted molar refractivity (Wildman–Crippen MR) is 51.4 cm³/mol. The van der Waals surface area contributed by atoms with Gasteiger partial charge in [-0.3, -0.25) is 4.98 Å².